The van der Waals surface area contributed by atoms with Crippen LogP contribution in [0.5, 0.6) is 0 Å². The van der Waals surface area contributed by atoms with Crippen LogP contribution in [0, 0.1) is 6.92 Å². The maximum absolute atomic E-state index is 5.80. The molecule has 0 spiro atoms. The van der Waals surface area contributed by atoms with Gasteiger partial charge in [0.1, 0.15) is 0 Å². The number of benzene rings is 2. The molecule has 0 aliphatic rings. The van der Waals surface area contributed by atoms with Gasteiger partial charge in [0.2, 0.25) is 0 Å². The van der Waals surface area contributed by atoms with Gasteiger partial charge in [-0.05, 0) is 24.1 Å². The Morgan fingerprint density at radius 2 is 1.43 bits per heavy atom. The van der Waals surface area contributed by atoms with Gasteiger partial charge in [0.05, 0.1) is 5.69 Å². The Kier molecular flexibility index (Phi) is 3.89. The van der Waals surface area contributed by atoms with E-state index < -0.39 is 0 Å². The van der Waals surface area contributed by atoms with Gasteiger partial charge in [-0.2, -0.15) is 0 Å². The zero-order chi connectivity index (χ0) is 14.7. The summed E-state index contributed by atoms with van der Waals surface area (Å²) in [5.41, 5.74) is 12.1. The van der Waals surface area contributed by atoms with Crippen LogP contribution in [-0.2, 0) is 6.54 Å². The van der Waals surface area contributed by atoms with Gasteiger partial charge in [0, 0.05) is 24.3 Å². The van der Waals surface area contributed by atoms with Crippen molar-refractivity contribution in [2.75, 3.05) is 6.54 Å². The fraction of sp³-hybridized carbons (Fsp3) is 0.158. The second-order valence-corrected chi connectivity index (χ2v) is 5.22. The summed E-state index contributed by atoms with van der Waals surface area (Å²) in [5.74, 6) is 0. The first-order chi connectivity index (χ1) is 10.3. The third-order valence-electron chi connectivity index (χ3n) is 3.79. The Bertz CT molecular complexity index is 712. The lowest BCUT2D eigenvalue weighted by Gasteiger charge is -2.13. The lowest BCUT2D eigenvalue weighted by molar-refractivity contribution is 0.700. The van der Waals surface area contributed by atoms with Crippen molar-refractivity contribution in [3.8, 4) is 22.4 Å². The molecule has 2 aromatic carbocycles. The molecule has 0 aliphatic carbocycles. The van der Waals surface area contributed by atoms with E-state index in [2.05, 4.69) is 78.2 Å². The second-order valence-electron chi connectivity index (χ2n) is 5.22. The molecule has 0 radical (unpaired) electrons. The van der Waals surface area contributed by atoms with Crippen molar-refractivity contribution in [1.29, 1.82) is 0 Å². The highest BCUT2D eigenvalue weighted by Crippen LogP contribution is 2.34. The van der Waals surface area contributed by atoms with E-state index in [9.17, 15) is 0 Å². The molecule has 3 rings (SSSR count). The normalized spacial score (nSPS) is 10.8. The minimum atomic E-state index is 0.642. The van der Waals surface area contributed by atoms with Crippen LogP contribution in [0.25, 0.3) is 22.4 Å². The second kappa shape index (κ2) is 5.98. The highest BCUT2D eigenvalue weighted by molar-refractivity contribution is 5.82. The number of aromatic nitrogens is 1. The standard InChI is InChI=1S/C19H20N2/c1-15-14-18(16-8-4-2-5-9-16)19(21(15)13-12-20)17-10-6-3-7-11-17/h2-11,14H,12-13,20H2,1H3. The van der Waals surface area contributed by atoms with Crippen LogP contribution in [0.3, 0.4) is 0 Å². The fourth-order valence-corrected chi connectivity index (χ4v) is 2.84. The summed E-state index contributed by atoms with van der Waals surface area (Å²) in [6.07, 6.45) is 0. The third kappa shape index (κ3) is 2.63. The van der Waals surface area contributed by atoms with E-state index in [0.29, 0.717) is 6.54 Å². The summed E-state index contributed by atoms with van der Waals surface area (Å²) in [5, 5.41) is 0. The smallest absolute Gasteiger partial charge is 0.0562 e. The quantitative estimate of drug-likeness (QED) is 0.764. The maximum Gasteiger partial charge on any atom is 0.0562 e. The monoisotopic (exact) mass is 276 g/mol. The first-order valence-corrected chi connectivity index (χ1v) is 7.32. The van der Waals surface area contributed by atoms with Gasteiger partial charge in [0.25, 0.3) is 0 Å². The van der Waals surface area contributed by atoms with E-state index in [4.69, 9.17) is 5.73 Å². The third-order valence-corrected chi connectivity index (χ3v) is 3.79. The van der Waals surface area contributed by atoms with Crippen LogP contribution in [0.2, 0.25) is 0 Å². The molecule has 0 saturated heterocycles. The zero-order valence-electron chi connectivity index (χ0n) is 12.3. The lowest BCUT2D eigenvalue weighted by atomic mass is 10.0. The van der Waals surface area contributed by atoms with Crippen molar-refractivity contribution >= 4 is 0 Å². The van der Waals surface area contributed by atoms with Gasteiger partial charge in [-0.25, -0.2) is 0 Å². The van der Waals surface area contributed by atoms with Gasteiger partial charge in [-0.3, -0.25) is 0 Å². The van der Waals surface area contributed by atoms with Crippen LogP contribution < -0.4 is 5.73 Å². The van der Waals surface area contributed by atoms with Gasteiger partial charge < -0.3 is 10.3 Å². The first-order valence-electron chi connectivity index (χ1n) is 7.32. The average molecular weight is 276 g/mol. The van der Waals surface area contributed by atoms with E-state index in [1.54, 1.807) is 0 Å². The molecule has 0 aliphatic heterocycles. The van der Waals surface area contributed by atoms with Crippen LogP contribution >= 0.6 is 0 Å². The summed E-state index contributed by atoms with van der Waals surface area (Å²) < 4.78 is 2.32. The molecule has 0 fully saturated rings. The van der Waals surface area contributed by atoms with Crippen LogP contribution in [-0.4, -0.2) is 11.1 Å². The molecule has 0 unspecified atom stereocenters. The molecule has 1 heterocycles. The molecule has 0 amide bonds. The van der Waals surface area contributed by atoms with E-state index in [1.807, 2.05) is 0 Å². The minimum Gasteiger partial charge on any atom is -0.343 e. The Morgan fingerprint density at radius 1 is 0.857 bits per heavy atom. The van der Waals surface area contributed by atoms with Crippen LogP contribution in [0.15, 0.2) is 66.7 Å². The number of hydrogen-bond acceptors (Lipinski definition) is 1. The topological polar surface area (TPSA) is 30.9 Å². The Hall–Kier alpha value is -2.32. The van der Waals surface area contributed by atoms with Gasteiger partial charge in [-0.15, -0.1) is 0 Å². The molecular weight excluding hydrogens is 256 g/mol. The largest absolute Gasteiger partial charge is 0.343 e. The van der Waals surface area contributed by atoms with Gasteiger partial charge in [0.15, 0.2) is 0 Å². The molecule has 2 heteroatoms. The van der Waals surface area contributed by atoms with Crippen molar-refractivity contribution in [1.82, 2.24) is 4.57 Å². The van der Waals surface area contributed by atoms with E-state index >= 15 is 0 Å². The molecule has 0 saturated carbocycles. The fourth-order valence-electron chi connectivity index (χ4n) is 2.84. The summed E-state index contributed by atoms with van der Waals surface area (Å²) >= 11 is 0. The molecule has 106 valence electrons. The first kappa shape index (κ1) is 13.7. The van der Waals surface area contributed by atoms with E-state index in [1.165, 1.54) is 28.1 Å². The minimum absolute atomic E-state index is 0.642. The Labute approximate surface area is 125 Å². The van der Waals surface area contributed by atoms with Crippen LogP contribution in [0.4, 0.5) is 0 Å². The SMILES string of the molecule is Cc1cc(-c2ccccc2)c(-c2ccccc2)n1CCN. The molecule has 0 atom stereocenters. The molecule has 2 N–H and O–H groups in total. The number of nitrogens with zero attached hydrogens (tertiary/aromatic N) is 1. The average Bonchev–Trinajstić information content (AvgIpc) is 2.86. The zero-order valence-corrected chi connectivity index (χ0v) is 12.3. The van der Waals surface area contributed by atoms with Gasteiger partial charge in [-0.1, -0.05) is 60.7 Å². The van der Waals surface area contributed by atoms with E-state index in [0.717, 1.165) is 6.54 Å². The highest BCUT2D eigenvalue weighted by atomic mass is 15.0. The maximum atomic E-state index is 5.80. The lowest BCUT2D eigenvalue weighted by Crippen LogP contribution is -2.12. The predicted molar refractivity (Wildman–Crippen MR) is 89.1 cm³/mol. The number of aryl methyl sites for hydroxylation is 1. The van der Waals surface area contributed by atoms with E-state index in [-0.39, 0.29) is 0 Å². The molecule has 3 aromatic rings. The predicted octanol–water partition coefficient (Wildman–Crippen LogP) is 4.09. The molecule has 21 heavy (non-hydrogen) atoms. The number of rotatable bonds is 4. The molecule has 0 bridgehead atoms. The van der Waals surface area contributed by atoms with Crippen molar-refractivity contribution in [2.45, 2.75) is 13.5 Å². The number of hydrogen-bond donors (Lipinski definition) is 1. The summed E-state index contributed by atoms with van der Waals surface area (Å²) in [6, 6.07) is 23.3. The Balaban J connectivity index is 2.23. The summed E-state index contributed by atoms with van der Waals surface area (Å²) in [7, 11) is 0. The van der Waals surface area contributed by atoms with Crippen LogP contribution in [0.1, 0.15) is 5.69 Å². The molecular formula is C19H20N2. The molecule has 2 nitrogen and oxygen atoms in total. The number of nitrogens with two attached hydrogens (primary N) is 1. The van der Waals surface area contributed by atoms with Gasteiger partial charge >= 0.3 is 0 Å². The van der Waals surface area contributed by atoms with Crippen molar-refractivity contribution in [2.24, 2.45) is 5.73 Å². The highest BCUT2D eigenvalue weighted by Gasteiger charge is 2.15. The van der Waals surface area contributed by atoms with Crippen molar-refractivity contribution in [3.05, 3.63) is 72.4 Å². The molecule has 1 aromatic heterocycles. The summed E-state index contributed by atoms with van der Waals surface area (Å²) in [4.78, 5) is 0. The van der Waals surface area contributed by atoms with Crippen molar-refractivity contribution < 1.29 is 0 Å². The summed E-state index contributed by atoms with van der Waals surface area (Å²) in [6.45, 7) is 3.63. The Morgan fingerprint density at radius 3 is 2.00 bits per heavy atom. The van der Waals surface area contributed by atoms with Crippen molar-refractivity contribution in [3.63, 3.8) is 0 Å².